The van der Waals surface area contributed by atoms with Crippen LogP contribution in [0.4, 0.5) is 5.69 Å². The van der Waals surface area contributed by atoms with Crippen molar-refractivity contribution in [3.8, 4) is 5.75 Å². The van der Waals surface area contributed by atoms with E-state index in [1.165, 1.54) is 11.8 Å². The van der Waals surface area contributed by atoms with E-state index in [0.717, 1.165) is 22.3 Å². The van der Waals surface area contributed by atoms with Crippen LogP contribution in [0, 0.1) is 25.7 Å². The van der Waals surface area contributed by atoms with Crippen LogP contribution in [0.15, 0.2) is 72.9 Å². The van der Waals surface area contributed by atoms with Gasteiger partial charge in [0.25, 0.3) is 0 Å². The molecule has 3 aromatic carbocycles. The zero-order chi connectivity index (χ0) is 26.7. The van der Waals surface area contributed by atoms with Crippen molar-refractivity contribution < 1.29 is 23.9 Å². The van der Waals surface area contributed by atoms with Gasteiger partial charge in [-0.25, -0.2) is 4.90 Å². The predicted octanol–water partition coefficient (Wildman–Crippen LogP) is 4.63. The molecular formula is C31H26N2O5. The Balaban J connectivity index is 1.45. The van der Waals surface area contributed by atoms with E-state index < -0.39 is 29.9 Å². The first-order chi connectivity index (χ1) is 18.3. The van der Waals surface area contributed by atoms with Gasteiger partial charge in [-0.1, -0.05) is 42.0 Å². The monoisotopic (exact) mass is 506 g/mol. The fourth-order valence-electron chi connectivity index (χ4n) is 6.17. The van der Waals surface area contributed by atoms with Crippen molar-refractivity contribution in [1.82, 2.24) is 4.90 Å². The second kappa shape index (κ2) is 8.80. The highest BCUT2D eigenvalue weighted by Gasteiger charge is 2.64. The summed E-state index contributed by atoms with van der Waals surface area (Å²) in [6.45, 7) is 5.15. The van der Waals surface area contributed by atoms with E-state index in [4.69, 9.17) is 4.74 Å². The lowest BCUT2D eigenvalue weighted by atomic mass is 9.83. The van der Waals surface area contributed by atoms with Crippen molar-refractivity contribution in [2.24, 2.45) is 11.8 Å². The van der Waals surface area contributed by atoms with Gasteiger partial charge in [-0.3, -0.25) is 19.2 Å². The van der Waals surface area contributed by atoms with E-state index in [9.17, 15) is 19.2 Å². The maximum Gasteiger partial charge on any atom is 0.308 e. The van der Waals surface area contributed by atoms with E-state index in [2.05, 4.69) is 0 Å². The molecule has 0 spiro atoms. The minimum atomic E-state index is -0.860. The molecule has 38 heavy (non-hydrogen) atoms. The van der Waals surface area contributed by atoms with Gasteiger partial charge in [-0.15, -0.1) is 0 Å². The molecule has 3 aromatic rings. The molecule has 2 amide bonds. The van der Waals surface area contributed by atoms with Crippen molar-refractivity contribution in [2.45, 2.75) is 32.9 Å². The van der Waals surface area contributed by atoms with Gasteiger partial charge in [-0.05, 0) is 66.9 Å². The summed E-state index contributed by atoms with van der Waals surface area (Å²) >= 11 is 0. The van der Waals surface area contributed by atoms with Gasteiger partial charge in [0.05, 0.1) is 23.6 Å². The average Bonchev–Trinajstić information content (AvgIpc) is 3.36. The highest BCUT2D eigenvalue weighted by Crippen LogP contribution is 2.54. The predicted molar refractivity (Wildman–Crippen MR) is 141 cm³/mol. The summed E-state index contributed by atoms with van der Waals surface area (Å²) in [5, 5.41) is 0. The molecule has 0 aromatic heterocycles. The van der Waals surface area contributed by atoms with Crippen molar-refractivity contribution in [1.29, 1.82) is 0 Å². The molecule has 190 valence electrons. The van der Waals surface area contributed by atoms with Crippen molar-refractivity contribution >= 4 is 35.3 Å². The summed E-state index contributed by atoms with van der Waals surface area (Å²) in [5.74, 6) is -2.58. The number of nitrogens with zero attached hydrogens (tertiary/aromatic N) is 2. The molecule has 2 fully saturated rings. The van der Waals surface area contributed by atoms with E-state index in [-0.39, 0.29) is 17.6 Å². The van der Waals surface area contributed by atoms with Crippen LogP contribution in [0.1, 0.15) is 45.6 Å². The molecule has 0 aliphatic carbocycles. The van der Waals surface area contributed by atoms with Gasteiger partial charge in [0.2, 0.25) is 11.8 Å². The number of hydrogen-bond acceptors (Lipinski definition) is 6. The summed E-state index contributed by atoms with van der Waals surface area (Å²) in [5.41, 5.74) is 4.70. The summed E-state index contributed by atoms with van der Waals surface area (Å²) in [6, 6.07) is 18.4. The van der Waals surface area contributed by atoms with Crippen LogP contribution in [0.5, 0.6) is 5.75 Å². The Morgan fingerprint density at radius 3 is 2.29 bits per heavy atom. The van der Waals surface area contributed by atoms with E-state index in [1.54, 1.807) is 30.3 Å². The van der Waals surface area contributed by atoms with Crippen LogP contribution < -0.4 is 9.64 Å². The molecule has 3 aliphatic heterocycles. The van der Waals surface area contributed by atoms with Crippen LogP contribution >= 0.6 is 0 Å². The Bertz CT molecular complexity index is 1540. The average molecular weight is 507 g/mol. The van der Waals surface area contributed by atoms with Crippen LogP contribution in [-0.2, 0) is 14.4 Å². The Labute approximate surface area is 220 Å². The van der Waals surface area contributed by atoms with Crippen LogP contribution in [0.3, 0.4) is 0 Å². The number of imide groups is 1. The molecule has 0 unspecified atom stereocenters. The topological polar surface area (TPSA) is 84.0 Å². The molecule has 0 radical (unpaired) electrons. The third-order valence-electron chi connectivity index (χ3n) is 7.72. The zero-order valence-corrected chi connectivity index (χ0v) is 21.3. The number of fused-ring (bicyclic) bond motifs is 5. The SMILES string of the molecule is CC(=O)Oc1ccc(C(=O)[C@@H]2[C@@H]3C(=O)N(c4ccc(C)cc4C)C(=O)[C@@H]3[C@H]3c4ccccc4C=CN23)cc1. The highest BCUT2D eigenvalue weighted by molar-refractivity contribution is 6.25. The first-order valence-corrected chi connectivity index (χ1v) is 12.6. The van der Waals surface area contributed by atoms with E-state index in [0.29, 0.717) is 17.0 Å². The van der Waals surface area contributed by atoms with E-state index >= 15 is 0 Å². The number of anilines is 1. The number of carbonyl (C=O) groups is 4. The Morgan fingerprint density at radius 2 is 1.58 bits per heavy atom. The second-order valence-electron chi connectivity index (χ2n) is 10.1. The lowest BCUT2D eigenvalue weighted by molar-refractivity contribution is -0.132. The molecule has 0 saturated carbocycles. The number of rotatable bonds is 4. The van der Waals surface area contributed by atoms with Crippen LogP contribution in [-0.4, -0.2) is 34.5 Å². The lowest BCUT2D eigenvalue weighted by Gasteiger charge is -2.35. The number of Topliss-reactive ketones (excluding diaryl/α,β-unsaturated/α-hetero) is 1. The Morgan fingerprint density at radius 1 is 0.868 bits per heavy atom. The Kier molecular flexibility index (Phi) is 5.52. The molecular weight excluding hydrogens is 480 g/mol. The molecule has 0 N–H and O–H groups in total. The minimum Gasteiger partial charge on any atom is -0.427 e. The van der Waals surface area contributed by atoms with Crippen LogP contribution in [0.25, 0.3) is 6.08 Å². The minimum absolute atomic E-state index is 0.260. The number of carbonyl (C=O) groups excluding carboxylic acids is 4. The second-order valence-corrected chi connectivity index (χ2v) is 10.1. The highest BCUT2D eigenvalue weighted by atomic mass is 16.5. The molecule has 2 saturated heterocycles. The van der Waals surface area contributed by atoms with Gasteiger partial charge >= 0.3 is 5.97 Å². The number of ether oxygens (including phenoxy) is 1. The number of hydrogen-bond donors (Lipinski definition) is 0. The fourth-order valence-corrected chi connectivity index (χ4v) is 6.17. The van der Waals surface area contributed by atoms with Crippen molar-refractivity contribution in [3.63, 3.8) is 0 Å². The summed E-state index contributed by atoms with van der Waals surface area (Å²) < 4.78 is 5.11. The molecule has 4 atom stereocenters. The number of esters is 1. The van der Waals surface area contributed by atoms with Crippen LogP contribution in [0.2, 0.25) is 0 Å². The summed E-state index contributed by atoms with van der Waals surface area (Å²) in [6.07, 6.45) is 3.76. The number of benzene rings is 3. The van der Waals surface area contributed by atoms with Gasteiger partial charge < -0.3 is 9.64 Å². The first kappa shape index (κ1) is 23.9. The molecule has 3 heterocycles. The number of aryl methyl sites for hydroxylation is 2. The lowest BCUT2D eigenvalue weighted by Crippen LogP contribution is -2.44. The normalized spacial score (nSPS) is 23.2. The third-order valence-corrected chi connectivity index (χ3v) is 7.72. The maximum atomic E-state index is 14.1. The maximum absolute atomic E-state index is 14.1. The first-order valence-electron chi connectivity index (χ1n) is 12.6. The third kappa shape index (κ3) is 3.57. The molecule has 3 aliphatic rings. The number of amides is 2. The molecule has 0 bridgehead atoms. The standard InChI is InChI=1S/C31H26N2O5/c1-17-8-13-24(18(2)16-17)33-30(36)25-26(31(33)37)28(29(35)21-9-11-22(12-10-21)38-19(3)34)32-15-14-20-6-4-5-7-23(20)27(25)32/h4-16,25-28H,1-3H3/t25-,26+,27+,28-/m0/s1. The van der Waals surface area contributed by atoms with Gasteiger partial charge in [0.15, 0.2) is 5.78 Å². The number of ketones is 1. The largest absolute Gasteiger partial charge is 0.427 e. The summed E-state index contributed by atoms with van der Waals surface area (Å²) in [4.78, 5) is 56.6. The van der Waals surface area contributed by atoms with E-state index in [1.807, 2.05) is 67.4 Å². The fraction of sp³-hybridized carbons (Fsp3) is 0.226. The molecule has 7 nitrogen and oxygen atoms in total. The Hall–Kier alpha value is -4.52. The zero-order valence-electron chi connectivity index (χ0n) is 21.3. The molecule has 6 rings (SSSR count). The van der Waals surface area contributed by atoms with Gasteiger partial charge in [0.1, 0.15) is 11.8 Å². The van der Waals surface area contributed by atoms with Gasteiger partial charge in [0, 0.05) is 18.7 Å². The van der Waals surface area contributed by atoms with Crippen molar-refractivity contribution in [3.05, 3.63) is 101 Å². The quantitative estimate of drug-likeness (QED) is 0.222. The summed E-state index contributed by atoms with van der Waals surface area (Å²) in [7, 11) is 0. The van der Waals surface area contributed by atoms with Crippen molar-refractivity contribution in [2.75, 3.05) is 4.90 Å². The van der Waals surface area contributed by atoms with Gasteiger partial charge in [-0.2, -0.15) is 0 Å². The smallest absolute Gasteiger partial charge is 0.308 e. The molecule has 7 heteroatoms.